The van der Waals surface area contributed by atoms with Gasteiger partial charge in [-0.1, -0.05) is 25.3 Å². The first-order valence-electron chi connectivity index (χ1n) is 8.89. The number of anilines is 1. The summed E-state index contributed by atoms with van der Waals surface area (Å²) in [6.07, 6.45) is 0.667. The Labute approximate surface area is 149 Å². The maximum atomic E-state index is 13.0. The highest BCUT2D eigenvalue weighted by Crippen LogP contribution is 2.34. The summed E-state index contributed by atoms with van der Waals surface area (Å²) >= 11 is 0. The third kappa shape index (κ3) is 4.35. The number of nitrogens with one attached hydrogen (secondary N) is 3. The lowest BCUT2D eigenvalue weighted by atomic mass is 9.94. The standard InChI is InChI=1S/C18H22F3N3O2/c19-18(20,21)11-6-7-13-14(10-11)24-15(25)8-9-22-16(13)17(26)23-12-4-2-1-3-5-12/h6-7,10,12,16,22H,1-5,8-9H2,(H,23,26)(H,24,25). The van der Waals surface area contributed by atoms with E-state index in [1.165, 1.54) is 6.07 Å². The molecule has 1 heterocycles. The SMILES string of the molecule is O=C1CCNC(C(=O)NC2CCCCC2)c2ccc(C(F)(F)F)cc2N1. The van der Waals surface area contributed by atoms with E-state index in [1.807, 2.05) is 0 Å². The third-order valence-electron chi connectivity index (χ3n) is 4.88. The highest BCUT2D eigenvalue weighted by molar-refractivity contribution is 5.94. The Morgan fingerprint density at radius 3 is 2.58 bits per heavy atom. The number of hydrogen-bond acceptors (Lipinski definition) is 3. The van der Waals surface area contributed by atoms with Crippen LogP contribution in [0, 0.1) is 0 Å². The van der Waals surface area contributed by atoms with Crippen LogP contribution in [0.25, 0.3) is 0 Å². The van der Waals surface area contributed by atoms with Gasteiger partial charge in [0.15, 0.2) is 0 Å². The summed E-state index contributed by atoms with van der Waals surface area (Å²) in [5.74, 6) is -0.654. The number of carbonyl (C=O) groups excluding carboxylic acids is 2. The summed E-state index contributed by atoms with van der Waals surface area (Å²) < 4.78 is 39.0. The molecule has 0 saturated heterocycles. The predicted octanol–water partition coefficient (Wildman–Crippen LogP) is 3.13. The molecule has 0 bridgehead atoms. The second kappa shape index (κ2) is 7.65. The van der Waals surface area contributed by atoms with Crippen LogP contribution in [0.5, 0.6) is 0 Å². The van der Waals surface area contributed by atoms with Crippen LogP contribution in [0.4, 0.5) is 18.9 Å². The first kappa shape index (κ1) is 18.7. The Morgan fingerprint density at radius 2 is 1.88 bits per heavy atom. The van der Waals surface area contributed by atoms with Gasteiger partial charge in [-0.2, -0.15) is 13.2 Å². The maximum absolute atomic E-state index is 13.0. The van der Waals surface area contributed by atoms with Gasteiger partial charge in [-0.05, 0) is 25.0 Å². The first-order chi connectivity index (χ1) is 12.3. The van der Waals surface area contributed by atoms with Gasteiger partial charge in [-0.15, -0.1) is 0 Å². The van der Waals surface area contributed by atoms with Crippen molar-refractivity contribution in [2.45, 2.75) is 56.8 Å². The van der Waals surface area contributed by atoms with Crippen molar-refractivity contribution in [2.24, 2.45) is 0 Å². The van der Waals surface area contributed by atoms with Crippen molar-refractivity contribution in [3.63, 3.8) is 0 Å². The summed E-state index contributed by atoms with van der Waals surface area (Å²) in [6.45, 7) is 0.273. The van der Waals surface area contributed by atoms with Crippen molar-refractivity contribution in [3.8, 4) is 0 Å². The van der Waals surface area contributed by atoms with Crippen LogP contribution in [0.1, 0.15) is 55.7 Å². The Kier molecular flexibility index (Phi) is 5.50. The molecule has 0 aromatic heterocycles. The molecule has 1 unspecified atom stereocenters. The van der Waals surface area contributed by atoms with E-state index < -0.39 is 17.8 Å². The second-order valence-corrected chi connectivity index (χ2v) is 6.83. The monoisotopic (exact) mass is 369 g/mol. The van der Waals surface area contributed by atoms with Gasteiger partial charge >= 0.3 is 6.18 Å². The Balaban J connectivity index is 1.87. The zero-order valence-corrected chi connectivity index (χ0v) is 14.3. The van der Waals surface area contributed by atoms with E-state index in [0.717, 1.165) is 44.2 Å². The smallest absolute Gasteiger partial charge is 0.352 e. The summed E-state index contributed by atoms with van der Waals surface area (Å²) in [5.41, 5.74) is -0.483. The van der Waals surface area contributed by atoms with Gasteiger partial charge in [-0.25, -0.2) is 0 Å². The minimum Gasteiger partial charge on any atom is -0.352 e. The minimum absolute atomic E-state index is 0.0285. The van der Waals surface area contributed by atoms with E-state index in [0.29, 0.717) is 5.56 Å². The zero-order chi connectivity index (χ0) is 18.7. The van der Waals surface area contributed by atoms with Gasteiger partial charge < -0.3 is 16.0 Å². The van der Waals surface area contributed by atoms with Crippen LogP contribution in [0.15, 0.2) is 18.2 Å². The fourth-order valence-corrected chi connectivity index (χ4v) is 3.51. The summed E-state index contributed by atoms with van der Waals surface area (Å²) in [4.78, 5) is 24.6. The van der Waals surface area contributed by atoms with Crippen LogP contribution in [0.3, 0.4) is 0 Å². The Morgan fingerprint density at radius 1 is 1.15 bits per heavy atom. The van der Waals surface area contributed by atoms with Gasteiger partial charge in [0, 0.05) is 30.3 Å². The lowest BCUT2D eigenvalue weighted by molar-refractivity contribution is -0.137. The second-order valence-electron chi connectivity index (χ2n) is 6.83. The van der Waals surface area contributed by atoms with Crippen LogP contribution in [-0.4, -0.2) is 24.4 Å². The highest BCUT2D eigenvalue weighted by Gasteiger charge is 2.33. The molecule has 0 spiro atoms. The first-order valence-corrected chi connectivity index (χ1v) is 8.89. The van der Waals surface area contributed by atoms with Crippen molar-refractivity contribution in [1.82, 2.24) is 10.6 Å². The van der Waals surface area contributed by atoms with E-state index >= 15 is 0 Å². The molecule has 8 heteroatoms. The summed E-state index contributed by atoms with van der Waals surface area (Å²) in [5, 5.41) is 8.50. The molecule has 1 fully saturated rings. The molecule has 142 valence electrons. The Hall–Kier alpha value is -2.09. The number of carbonyl (C=O) groups is 2. The average Bonchev–Trinajstić information content (AvgIpc) is 2.57. The molecular formula is C18H22F3N3O2. The Bertz CT molecular complexity index is 685. The quantitative estimate of drug-likeness (QED) is 0.750. The van der Waals surface area contributed by atoms with Gasteiger partial charge in [-0.3, -0.25) is 9.59 Å². The van der Waals surface area contributed by atoms with Crippen molar-refractivity contribution >= 4 is 17.5 Å². The van der Waals surface area contributed by atoms with E-state index in [-0.39, 0.29) is 36.5 Å². The number of hydrogen-bond donors (Lipinski definition) is 3. The van der Waals surface area contributed by atoms with Gasteiger partial charge in [0.05, 0.1) is 5.56 Å². The molecule has 0 radical (unpaired) electrons. The van der Waals surface area contributed by atoms with Crippen LogP contribution in [0.2, 0.25) is 0 Å². The molecule has 1 saturated carbocycles. The van der Waals surface area contributed by atoms with Gasteiger partial charge in [0.25, 0.3) is 0 Å². The van der Waals surface area contributed by atoms with Crippen molar-refractivity contribution in [3.05, 3.63) is 29.3 Å². The van der Waals surface area contributed by atoms with Crippen molar-refractivity contribution in [2.75, 3.05) is 11.9 Å². The van der Waals surface area contributed by atoms with E-state index in [2.05, 4.69) is 16.0 Å². The highest BCUT2D eigenvalue weighted by atomic mass is 19.4. The molecule has 1 aliphatic heterocycles. The van der Waals surface area contributed by atoms with E-state index in [9.17, 15) is 22.8 Å². The molecule has 2 aliphatic rings. The average molecular weight is 369 g/mol. The summed E-state index contributed by atoms with van der Waals surface area (Å²) in [6, 6.07) is 2.39. The molecule has 2 amide bonds. The van der Waals surface area contributed by atoms with Gasteiger partial charge in [0.1, 0.15) is 6.04 Å². The number of rotatable bonds is 2. The fraction of sp³-hybridized carbons (Fsp3) is 0.556. The number of alkyl halides is 3. The van der Waals surface area contributed by atoms with E-state index in [4.69, 9.17) is 0 Å². The third-order valence-corrected chi connectivity index (χ3v) is 4.88. The number of fused-ring (bicyclic) bond motifs is 1. The zero-order valence-electron chi connectivity index (χ0n) is 14.3. The number of amides is 2. The van der Waals surface area contributed by atoms with Crippen LogP contribution in [-0.2, 0) is 15.8 Å². The largest absolute Gasteiger partial charge is 0.416 e. The minimum atomic E-state index is -4.52. The molecule has 1 atom stereocenters. The lowest BCUT2D eigenvalue weighted by Gasteiger charge is -2.28. The molecule has 26 heavy (non-hydrogen) atoms. The topological polar surface area (TPSA) is 70.2 Å². The van der Waals surface area contributed by atoms with Crippen molar-refractivity contribution in [1.29, 1.82) is 0 Å². The summed E-state index contributed by atoms with van der Waals surface area (Å²) in [7, 11) is 0. The predicted molar refractivity (Wildman–Crippen MR) is 90.5 cm³/mol. The molecule has 3 N–H and O–H groups in total. The normalized spacial score (nSPS) is 22.0. The number of benzene rings is 1. The molecule has 1 aliphatic carbocycles. The molecule has 3 rings (SSSR count). The molecule has 1 aromatic rings. The fourth-order valence-electron chi connectivity index (χ4n) is 3.51. The lowest BCUT2D eigenvalue weighted by Crippen LogP contribution is -2.45. The molecule has 1 aromatic carbocycles. The molecule has 5 nitrogen and oxygen atoms in total. The van der Waals surface area contributed by atoms with Crippen LogP contribution < -0.4 is 16.0 Å². The molecular weight excluding hydrogens is 347 g/mol. The maximum Gasteiger partial charge on any atom is 0.416 e. The number of halogens is 3. The van der Waals surface area contributed by atoms with Crippen molar-refractivity contribution < 1.29 is 22.8 Å². The van der Waals surface area contributed by atoms with Gasteiger partial charge in [0.2, 0.25) is 11.8 Å². The van der Waals surface area contributed by atoms with E-state index in [1.54, 1.807) is 0 Å². The van der Waals surface area contributed by atoms with Crippen LogP contribution >= 0.6 is 0 Å².